The van der Waals surface area contributed by atoms with Crippen molar-refractivity contribution in [3.63, 3.8) is 0 Å². The molecule has 0 aliphatic carbocycles. The van der Waals surface area contributed by atoms with Crippen molar-refractivity contribution in [2.75, 3.05) is 0 Å². The van der Waals surface area contributed by atoms with Gasteiger partial charge in [0.05, 0.1) is 6.21 Å². The van der Waals surface area contributed by atoms with Gasteiger partial charge in [-0.3, -0.25) is 0 Å². The normalized spacial score (nSPS) is 13.1. The molecule has 0 radical (unpaired) electrons. The molecule has 0 saturated heterocycles. The Hall–Kier alpha value is -3.89. The molecule has 0 N–H and O–H groups in total. The highest BCUT2D eigenvalue weighted by Crippen LogP contribution is 2.34. The van der Waals surface area contributed by atoms with Crippen molar-refractivity contribution in [2.45, 2.75) is 25.5 Å². The minimum atomic E-state index is -1.47. The lowest BCUT2D eigenvalue weighted by atomic mass is 9.97. The Bertz CT molecular complexity index is 1640. The summed E-state index contributed by atoms with van der Waals surface area (Å²) in [7, 11) is 1.78. The van der Waals surface area contributed by atoms with E-state index < -0.39 is 27.7 Å². The maximum absolute atomic E-state index is 14.8. The van der Waals surface area contributed by atoms with Gasteiger partial charge in [0.2, 0.25) is 5.89 Å². The first kappa shape index (κ1) is 24.8. The highest BCUT2D eigenvalue weighted by Gasteiger charge is 2.26. The zero-order valence-corrected chi connectivity index (χ0v) is 21.4. The average Bonchev–Trinajstić information content (AvgIpc) is 3.48. The van der Waals surface area contributed by atoms with Crippen molar-refractivity contribution in [1.29, 1.82) is 0 Å². The second-order valence-electron chi connectivity index (χ2n) is 9.50. The van der Waals surface area contributed by atoms with E-state index in [1.807, 2.05) is 39.0 Å². The van der Waals surface area contributed by atoms with Crippen molar-refractivity contribution in [1.82, 2.24) is 19.7 Å². The number of halogens is 2. The Morgan fingerprint density at radius 2 is 1.81 bits per heavy atom. The highest BCUT2D eigenvalue weighted by molar-refractivity contribution is 7.91. The molecule has 0 spiro atoms. The summed E-state index contributed by atoms with van der Waals surface area (Å²) in [5, 5.41) is 8.03. The molecule has 0 fully saturated rings. The third kappa shape index (κ3) is 5.03. The molecule has 1 unspecified atom stereocenters. The predicted molar refractivity (Wildman–Crippen MR) is 140 cm³/mol. The number of nitrogens with zero attached hydrogens (tertiary/aromatic N) is 5. The van der Waals surface area contributed by atoms with Crippen LogP contribution in [0.1, 0.15) is 26.3 Å². The second kappa shape index (κ2) is 9.53. The molecule has 0 bridgehead atoms. The van der Waals surface area contributed by atoms with Crippen LogP contribution in [0, 0.1) is 11.6 Å². The number of rotatable bonds is 5. The van der Waals surface area contributed by atoms with Gasteiger partial charge in [-0.1, -0.05) is 22.6 Å². The van der Waals surface area contributed by atoms with Crippen molar-refractivity contribution in [3.8, 4) is 34.0 Å². The quantitative estimate of drug-likeness (QED) is 0.206. The topological polar surface area (TPSA) is 92.2 Å². The molecule has 0 aliphatic rings. The molecule has 1 atom stereocenters. The van der Waals surface area contributed by atoms with Gasteiger partial charge >= 0.3 is 0 Å². The first-order valence-electron chi connectivity index (χ1n) is 11.4. The van der Waals surface area contributed by atoms with Gasteiger partial charge in [-0.15, -0.1) is 10.2 Å². The summed E-state index contributed by atoms with van der Waals surface area (Å²) in [5.74, 6) is -0.243. The number of hydrogen-bond acceptors (Lipinski definition) is 6. The minimum absolute atomic E-state index is 0.0102. The lowest BCUT2D eigenvalue weighted by molar-refractivity contribution is 0.561. The third-order valence-corrected chi connectivity index (χ3v) is 6.99. The standard InChI is InChI=1S/C27H23F2N5O2S/c1-27(2,3)37(35)31-14-16-10-22(29)24-23(11-16)32-26(36-24)18-7-5-6-17(12-18)20-9-8-19(28)13-21(20)25-33-30-15-34(25)4/h5-15H,1-4H3. The van der Waals surface area contributed by atoms with Gasteiger partial charge in [0, 0.05) is 23.7 Å². The largest absolute Gasteiger partial charge is 0.591 e. The number of hydrogen-bond donors (Lipinski definition) is 0. The Morgan fingerprint density at radius 3 is 2.54 bits per heavy atom. The summed E-state index contributed by atoms with van der Waals surface area (Å²) in [6, 6.07) is 14.7. The van der Waals surface area contributed by atoms with Crippen LogP contribution in [0.3, 0.4) is 0 Å². The molecule has 5 aromatic rings. The maximum Gasteiger partial charge on any atom is 0.227 e. The summed E-state index contributed by atoms with van der Waals surface area (Å²) < 4.78 is 52.2. The monoisotopic (exact) mass is 519 g/mol. The number of aryl methyl sites for hydroxylation is 1. The van der Waals surface area contributed by atoms with Gasteiger partial charge in [0.15, 0.2) is 17.2 Å². The van der Waals surface area contributed by atoms with Gasteiger partial charge in [0.1, 0.15) is 33.8 Å². The lowest BCUT2D eigenvalue weighted by Crippen LogP contribution is -2.25. The molecule has 188 valence electrons. The van der Waals surface area contributed by atoms with Crippen molar-refractivity contribution in [3.05, 3.63) is 78.1 Å². The van der Waals surface area contributed by atoms with Crippen LogP contribution in [0.4, 0.5) is 8.78 Å². The molecule has 0 saturated carbocycles. The molecule has 5 rings (SSSR count). The van der Waals surface area contributed by atoms with E-state index >= 15 is 0 Å². The smallest absolute Gasteiger partial charge is 0.227 e. The number of benzene rings is 3. The molecule has 0 amide bonds. The van der Waals surface area contributed by atoms with Crippen LogP contribution in [0.15, 0.2) is 69.7 Å². The fourth-order valence-electron chi connectivity index (χ4n) is 3.78. The molecule has 7 nitrogen and oxygen atoms in total. The SMILES string of the molecule is Cn1cnnc1-c1cc(F)ccc1-c1cccc(-c2nc3cc(C=N[S+]([O-])C(C)(C)C)cc(F)c3o2)c1. The van der Waals surface area contributed by atoms with Gasteiger partial charge in [-0.2, -0.15) is 0 Å². The lowest BCUT2D eigenvalue weighted by Gasteiger charge is -2.17. The van der Waals surface area contributed by atoms with Gasteiger partial charge in [0.25, 0.3) is 0 Å². The van der Waals surface area contributed by atoms with E-state index in [-0.39, 0.29) is 11.5 Å². The van der Waals surface area contributed by atoms with Crippen molar-refractivity contribution in [2.24, 2.45) is 11.4 Å². The number of oxazole rings is 1. The van der Waals surface area contributed by atoms with Crippen molar-refractivity contribution >= 4 is 28.7 Å². The Labute approximate surface area is 215 Å². The van der Waals surface area contributed by atoms with Crippen LogP contribution in [0.25, 0.3) is 45.1 Å². The molecule has 0 aliphatic heterocycles. The van der Waals surface area contributed by atoms with Crippen LogP contribution in [0.2, 0.25) is 0 Å². The van der Waals surface area contributed by atoms with Crippen LogP contribution in [-0.4, -0.2) is 35.3 Å². The maximum atomic E-state index is 14.8. The van der Waals surface area contributed by atoms with Gasteiger partial charge in [-0.25, -0.2) is 13.8 Å². The summed E-state index contributed by atoms with van der Waals surface area (Å²) in [6.07, 6.45) is 2.93. The summed E-state index contributed by atoms with van der Waals surface area (Å²) in [4.78, 5) is 4.49. The number of fused-ring (bicyclic) bond motifs is 1. The van der Waals surface area contributed by atoms with E-state index in [1.54, 1.807) is 36.1 Å². The fourth-order valence-corrected chi connectivity index (χ4v) is 4.31. The molecule has 37 heavy (non-hydrogen) atoms. The first-order chi connectivity index (χ1) is 17.6. The van der Waals surface area contributed by atoms with Crippen LogP contribution >= 0.6 is 0 Å². The second-order valence-corrected chi connectivity index (χ2v) is 11.4. The first-order valence-corrected chi connectivity index (χ1v) is 12.5. The summed E-state index contributed by atoms with van der Waals surface area (Å²) >= 11 is -1.47. The summed E-state index contributed by atoms with van der Waals surface area (Å²) in [5.41, 5.74) is 3.46. The molecule has 10 heteroatoms. The zero-order chi connectivity index (χ0) is 26.3. The Kier molecular flexibility index (Phi) is 6.38. The van der Waals surface area contributed by atoms with Crippen LogP contribution < -0.4 is 0 Å². The van der Waals surface area contributed by atoms with Crippen LogP contribution in [0.5, 0.6) is 0 Å². The van der Waals surface area contributed by atoms with Crippen LogP contribution in [-0.2, 0) is 18.4 Å². The molecule has 2 aromatic heterocycles. The van der Waals surface area contributed by atoms with E-state index in [1.165, 1.54) is 24.4 Å². The van der Waals surface area contributed by atoms with E-state index in [9.17, 15) is 13.3 Å². The van der Waals surface area contributed by atoms with E-state index in [0.29, 0.717) is 28.0 Å². The fraction of sp³-hybridized carbons (Fsp3) is 0.185. The number of aromatic nitrogens is 4. The Morgan fingerprint density at radius 1 is 1.03 bits per heavy atom. The summed E-state index contributed by atoms with van der Waals surface area (Å²) in [6.45, 7) is 5.43. The third-order valence-electron chi connectivity index (χ3n) is 5.64. The molecular weight excluding hydrogens is 496 g/mol. The molecule has 3 aromatic carbocycles. The van der Waals surface area contributed by atoms with E-state index in [4.69, 9.17) is 4.42 Å². The van der Waals surface area contributed by atoms with Gasteiger partial charge < -0.3 is 13.5 Å². The zero-order valence-electron chi connectivity index (χ0n) is 20.6. The van der Waals surface area contributed by atoms with E-state index in [2.05, 4.69) is 19.6 Å². The van der Waals surface area contributed by atoms with Gasteiger partial charge in [-0.05, 0) is 68.3 Å². The average molecular weight is 520 g/mol. The van der Waals surface area contributed by atoms with Crippen molar-refractivity contribution < 1.29 is 17.8 Å². The minimum Gasteiger partial charge on any atom is -0.591 e. The molecule has 2 heterocycles. The molecular formula is C27H23F2N5O2S. The predicted octanol–water partition coefficient (Wildman–Crippen LogP) is 6.12. The highest BCUT2D eigenvalue weighted by atomic mass is 32.2. The van der Waals surface area contributed by atoms with E-state index in [0.717, 1.165) is 11.1 Å². The Balaban J connectivity index is 1.53.